The number of hydrogen-bond acceptors (Lipinski definition) is 4. The summed E-state index contributed by atoms with van der Waals surface area (Å²) < 4.78 is 22.9. The SMILES string of the molecule is CCS(=O)(=O)c1ccc(NC(=O)NN)cc1. The van der Waals surface area contributed by atoms with Crippen molar-refractivity contribution in [1.29, 1.82) is 0 Å². The van der Waals surface area contributed by atoms with Crippen LogP contribution >= 0.6 is 0 Å². The van der Waals surface area contributed by atoms with E-state index in [0.29, 0.717) is 5.69 Å². The molecule has 0 aliphatic rings. The summed E-state index contributed by atoms with van der Waals surface area (Å²) in [7, 11) is -3.20. The Morgan fingerprint density at radius 2 is 1.88 bits per heavy atom. The fraction of sp³-hybridized carbons (Fsp3) is 0.222. The van der Waals surface area contributed by atoms with Crippen LogP contribution in [0.15, 0.2) is 29.2 Å². The van der Waals surface area contributed by atoms with Gasteiger partial charge in [-0.15, -0.1) is 0 Å². The van der Waals surface area contributed by atoms with Gasteiger partial charge in [0.15, 0.2) is 9.84 Å². The van der Waals surface area contributed by atoms with E-state index in [1.807, 2.05) is 5.43 Å². The number of carbonyl (C=O) groups is 1. The molecule has 6 nitrogen and oxygen atoms in total. The maximum atomic E-state index is 11.5. The molecule has 0 fully saturated rings. The van der Waals surface area contributed by atoms with E-state index in [0.717, 1.165) is 0 Å². The maximum absolute atomic E-state index is 11.5. The van der Waals surface area contributed by atoms with Crippen LogP contribution in [0.5, 0.6) is 0 Å². The Balaban J connectivity index is 2.88. The molecule has 0 aliphatic carbocycles. The van der Waals surface area contributed by atoms with Gasteiger partial charge in [-0.2, -0.15) is 0 Å². The summed E-state index contributed by atoms with van der Waals surface area (Å²) in [5.41, 5.74) is 2.37. The molecule has 0 bridgehead atoms. The first kappa shape index (κ1) is 12.5. The smallest absolute Gasteiger partial charge is 0.307 e. The topological polar surface area (TPSA) is 101 Å². The number of benzene rings is 1. The Labute approximate surface area is 93.7 Å². The van der Waals surface area contributed by atoms with Crippen molar-refractivity contribution in [3.63, 3.8) is 0 Å². The second-order valence-electron chi connectivity index (χ2n) is 3.03. The van der Waals surface area contributed by atoms with Gasteiger partial charge in [-0.25, -0.2) is 19.1 Å². The molecule has 16 heavy (non-hydrogen) atoms. The summed E-state index contributed by atoms with van der Waals surface area (Å²) >= 11 is 0. The fourth-order valence-electron chi connectivity index (χ4n) is 1.08. The molecule has 0 unspecified atom stereocenters. The molecule has 88 valence electrons. The number of amides is 2. The van der Waals surface area contributed by atoms with E-state index in [2.05, 4.69) is 5.32 Å². The van der Waals surface area contributed by atoms with Crippen LogP contribution in [0.2, 0.25) is 0 Å². The van der Waals surface area contributed by atoms with E-state index in [-0.39, 0.29) is 10.6 Å². The van der Waals surface area contributed by atoms with E-state index in [1.165, 1.54) is 24.3 Å². The molecule has 0 radical (unpaired) electrons. The van der Waals surface area contributed by atoms with Gasteiger partial charge in [0.05, 0.1) is 10.6 Å². The van der Waals surface area contributed by atoms with Crippen LogP contribution in [0, 0.1) is 0 Å². The summed E-state index contributed by atoms with van der Waals surface area (Å²) in [5.74, 6) is 4.93. The summed E-state index contributed by atoms with van der Waals surface area (Å²) in [6.07, 6.45) is 0. The Bertz CT molecular complexity index is 467. The molecule has 0 atom stereocenters. The molecule has 1 rings (SSSR count). The molecule has 0 aliphatic heterocycles. The molecule has 4 N–H and O–H groups in total. The van der Waals surface area contributed by atoms with E-state index >= 15 is 0 Å². The Hall–Kier alpha value is -1.60. The van der Waals surface area contributed by atoms with E-state index < -0.39 is 15.9 Å². The number of nitrogens with one attached hydrogen (secondary N) is 2. The van der Waals surface area contributed by atoms with Crippen LogP contribution in [-0.2, 0) is 9.84 Å². The van der Waals surface area contributed by atoms with Crippen molar-refractivity contribution in [2.24, 2.45) is 5.84 Å². The van der Waals surface area contributed by atoms with Gasteiger partial charge in [0, 0.05) is 5.69 Å². The molecule has 2 amide bonds. The van der Waals surface area contributed by atoms with Gasteiger partial charge in [0.2, 0.25) is 0 Å². The quantitative estimate of drug-likeness (QED) is 0.408. The highest BCUT2D eigenvalue weighted by Crippen LogP contribution is 2.14. The molecular formula is C9H13N3O3S. The van der Waals surface area contributed by atoms with Crippen LogP contribution in [0.3, 0.4) is 0 Å². The van der Waals surface area contributed by atoms with Crippen LogP contribution in [-0.4, -0.2) is 20.2 Å². The monoisotopic (exact) mass is 243 g/mol. The van der Waals surface area contributed by atoms with E-state index in [9.17, 15) is 13.2 Å². The van der Waals surface area contributed by atoms with E-state index in [1.54, 1.807) is 6.92 Å². The lowest BCUT2D eigenvalue weighted by Gasteiger charge is -2.05. The standard InChI is InChI=1S/C9H13N3O3S/c1-2-16(14,15)8-5-3-7(4-6-8)11-9(13)12-10/h3-6H,2,10H2,1H3,(H2,11,12,13). The van der Waals surface area contributed by atoms with Crippen molar-refractivity contribution < 1.29 is 13.2 Å². The molecule has 0 heterocycles. The third kappa shape index (κ3) is 2.94. The molecule has 0 saturated heterocycles. The number of anilines is 1. The van der Waals surface area contributed by atoms with Gasteiger partial charge >= 0.3 is 6.03 Å². The highest BCUT2D eigenvalue weighted by atomic mass is 32.2. The summed E-state index contributed by atoms with van der Waals surface area (Å²) in [5, 5.41) is 2.42. The second kappa shape index (κ2) is 4.95. The second-order valence-corrected chi connectivity index (χ2v) is 5.30. The molecule has 0 spiro atoms. The lowest BCUT2D eigenvalue weighted by atomic mass is 10.3. The molecule has 0 saturated carbocycles. The predicted octanol–water partition coefficient (Wildman–Crippen LogP) is 0.475. The number of carbonyl (C=O) groups excluding carboxylic acids is 1. The normalized spacial score (nSPS) is 10.9. The Morgan fingerprint density at radius 1 is 1.31 bits per heavy atom. The number of hydrazine groups is 1. The van der Waals surface area contributed by atoms with Crippen LogP contribution in [0.1, 0.15) is 6.92 Å². The van der Waals surface area contributed by atoms with Crippen LogP contribution in [0.25, 0.3) is 0 Å². The van der Waals surface area contributed by atoms with Crippen molar-refractivity contribution in [1.82, 2.24) is 5.43 Å². The third-order valence-electron chi connectivity index (χ3n) is 1.98. The van der Waals surface area contributed by atoms with Crippen molar-refractivity contribution >= 4 is 21.6 Å². The zero-order valence-corrected chi connectivity index (χ0v) is 9.54. The Morgan fingerprint density at radius 3 is 2.31 bits per heavy atom. The summed E-state index contributed by atoms with van der Waals surface area (Å²) in [6, 6.07) is 5.30. The van der Waals surface area contributed by atoms with Gasteiger partial charge in [-0.05, 0) is 24.3 Å². The maximum Gasteiger partial charge on any atom is 0.333 e. The van der Waals surface area contributed by atoms with Crippen molar-refractivity contribution in [3.8, 4) is 0 Å². The zero-order chi connectivity index (χ0) is 12.2. The highest BCUT2D eigenvalue weighted by molar-refractivity contribution is 7.91. The van der Waals surface area contributed by atoms with Crippen molar-refractivity contribution in [3.05, 3.63) is 24.3 Å². The lowest BCUT2D eigenvalue weighted by Crippen LogP contribution is -2.34. The van der Waals surface area contributed by atoms with Gasteiger partial charge in [-0.1, -0.05) is 6.92 Å². The summed E-state index contributed by atoms with van der Waals surface area (Å²) in [4.78, 5) is 11.1. The molecule has 7 heteroatoms. The third-order valence-corrected chi connectivity index (χ3v) is 3.73. The minimum atomic E-state index is -3.20. The average molecular weight is 243 g/mol. The molecular weight excluding hydrogens is 230 g/mol. The minimum Gasteiger partial charge on any atom is -0.307 e. The minimum absolute atomic E-state index is 0.0447. The first-order chi connectivity index (χ1) is 7.49. The van der Waals surface area contributed by atoms with Gasteiger partial charge in [0.1, 0.15) is 0 Å². The largest absolute Gasteiger partial charge is 0.333 e. The lowest BCUT2D eigenvalue weighted by molar-refractivity contribution is 0.252. The number of urea groups is 1. The van der Waals surface area contributed by atoms with Gasteiger partial charge < -0.3 is 5.32 Å². The first-order valence-electron chi connectivity index (χ1n) is 4.60. The number of rotatable bonds is 3. The molecule has 1 aromatic rings. The van der Waals surface area contributed by atoms with Crippen LogP contribution < -0.4 is 16.6 Å². The zero-order valence-electron chi connectivity index (χ0n) is 8.73. The van der Waals surface area contributed by atoms with Gasteiger partial charge in [0.25, 0.3) is 0 Å². The molecule has 1 aromatic carbocycles. The van der Waals surface area contributed by atoms with E-state index in [4.69, 9.17) is 5.84 Å². The summed E-state index contributed by atoms with van der Waals surface area (Å²) in [6.45, 7) is 1.57. The number of sulfone groups is 1. The predicted molar refractivity (Wildman–Crippen MR) is 60.5 cm³/mol. The van der Waals surface area contributed by atoms with Gasteiger partial charge in [-0.3, -0.25) is 5.43 Å². The fourth-order valence-corrected chi connectivity index (χ4v) is 1.96. The highest BCUT2D eigenvalue weighted by Gasteiger charge is 2.10. The first-order valence-corrected chi connectivity index (χ1v) is 6.25. The Kier molecular flexibility index (Phi) is 3.86. The van der Waals surface area contributed by atoms with Crippen molar-refractivity contribution in [2.45, 2.75) is 11.8 Å². The van der Waals surface area contributed by atoms with Crippen LogP contribution in [0.4, 0.5) is 10.5 Å². The molecule has 0 aromatic heterocycles. The number of hydrogen-bond donors (Lipinski definition) is 3. The average Bonchev–Trinajstić information content (AvgIpc) is 2.29. The number of nitrogens with two attached hydrogens (primary N) is 1. The van der Waals surface area contributed by atoms with Crippen molar-refractivity contribution in [2.75, 3.05) is 11.1 Å².